The predicted molar refractivity (Wildman–Crippen MR) is 71.4 cm³/mol. The fourth-order valence-corrected chi connectivity index (χ4v) is 1.38. The van der Waals surface area contributed by atoms with Crippen molar-refractivity contribution in [1.29, 1.82) is 0 Å². The molecular weight excluding hydrogens is 262 g/mol. The van der Waals surface area contributed by atoms with E-state index in [9.17, 15) is 14.4 Å². The van der Waals surface area contributed by atoms with Gasteiger partial charge in [0.1, 0.15) is 5.69 Å². The maximum Gasteiger partial charge on any atom is 0.354 e. The molecule has 1 rings (SSSR count). The van der Waals surface area contributed by atoms with Gasteiger partial charge < -0.3 is 15.7 Å². The maximum absolute atomic E-state index is 11.7. The van der Waals surface area contributed by atoms with Crippen LogP contribution in [-0.4, -0.2) is 40.0 Å². The van der Waals surface area contributed by atoms with Crippen molar-refractivity contribution in [2.24, 2.45) is 0 Å². The lowest BCUT2D eigenvalue weighted by molar-refractivity contribution is -0.121. The number of rotatable bonds is 4. The highest BCUT2D eigenvalue weighted by Crippen LogP contribution is 2.01. The third kappa shape index (κ3) is 5.05. The molecule has 3 N–H and O–H groups in total. The van der Waals surface area contributed by atoms with Crippen molar-refractivity contribution in [2.75, 3.05) is 6.54 Å². The van der Waals surface area contributed by atoms with Crippen molar-refractivity contribution in [3.63, 3.8) is 0 Å². The number of carbonyl (C=O) groups is 3. The van der Waals surface area contributed by atoms with Crippen LogP contribution < -0.4 is 10.6 Å². The van der Waals surface area contributed by atoms with Crippen LogP contribution in [0.2, 0.25) is 0 Å². The van der Waals surface area contributed by atoms with Crippen molar-refractivity contribution in [1.82, 2.24) is 15.6 Å². The zero-order chi connectivity index (χ0) is 15.3. The van der Waals surface area contributed by atoms with E-state index in [2.05, 4.69) is 15.6 Å². The Bertz CT molecular complexity index is 517. The number of aromatic carboxylic acids is 1. The van der Waals surface area contributed by atoms with Gasteiger partial charge in [-0.25, -0.2) is 9.78 Å². The molecule has 20 heavy (non-hydrogen) atoms. The average molecular weight is 279 g/mol. The van der Waals surface area contributed by atoms with Crippen LogP contribution in [0, 0.1) is 0 Å². The molecule has 0 unspecified atom stereocenters. The van der Waals surface area contributed by atoms with Crippen LogP contribution in [-0.2, 0) is 4.79 Å². The van der Waals surface area contributed by atoms with E-state index in [-0.39, 0.29) is 29.2 Å². The number of carbonyl (C=O) groups excluding carboxylic acids is 2. The highest BCUT2D eigenvalue weighted by atomic mass is 16.4. The molecule has 0 spiro atoms. The van der Waals surface area contributed by atoms with E-state index in [0.717, 1.165) is 6.20 Å². The van der Waals surface area contributed by atoms with Crippen molar-refractivity contribution >= 4 is 17.8 Å². The fourth-order valence-electron chi connectivity index (χ4n) is 1.38. The molecule has 7 heteroatoms. The highest BCUT2D eigenvalue weighted by Gasteiger charge is 2.15. The molecule has 108 valence electrons. The van der Waals surface area contributed by atoms with Crippen LogP contribution in [0.1, 0.15) is 41.6 Å². The zero-order valence-electron chi connectivity index (χ0n) is 11.6. The minimum absolute atomic E-state index is 0.146. The van der Waals surface area contributed by atoms with Gasteiger partial charge in [-0.3, -0.25) is 9.59 Å². The van der Waals surface area contributed by atoms with Gasteiger partial charge in [-0.1, -0.05) is 0 Å². The quantitative estimate of drug-likeness (QED) is 0.740. The lowest BCUT2D eigenvalue weighted by atomic mass is 10.1. The zero-order valence-corrected chi connectivity index (χ0v) is 11.6. The van der Waals surface area contributed by atoms with Gasteiger partial charge in [-0.15, -0.1) is 0 Å². The van der Waals surface area contributed by atoms with Crippen LogP contribution >= 0.6 is 0 Å². The summed E-state index contributed by atoms with van der Waals surface area (Å²) < 4.78 is 0. The Hall–Kier alpha value is -2.44. The van der Waals surface area contributed by atoms with Crippen LogP contribution in [0.5, 0.6) is 0 Å². The van der Waals surface area contributed by atoms with E-state index in [4.69, 9.17) is 5.11 Å². The molecule has 0 saturated carbocycles. The second kappa shape index (κ2) is 6.14. The summed E-state index contributed by atoms with van der Waals surface area (Å²) in [5, 5.41) is 13.8. The smallest absolute Gasteiger partial charge is 0.354 e. The number of hydrogen-bond donors (Lipinski definition) is 3. The number of pyridine rings is 1. The third-order valence-corrected chi connectivity index (χ3v) is 2.17. The maximum atomic E-state index is 11.7. The van der Waals surface area contributed by atoms with Gasteiger partial charge in [0.15, 0.2) is 0 Å². The number of nitrogens with one attached hydrogen (secondary N) is 2. The van der Waals surface area contributed by atoms with E-state index in [0.29, 0.717) is 0 Å². The van der Waals surface area contributed by atoms with Crippen molar-refractivity contribution in [3.8, 4) is 0 Å². The molecule has 0 bridgehead atoms. The third-order valence-electron chi connectivity index (χ3n) is 2.17. The molecule has 1 aromatic rings. The van der Waals surface area contributed by atoms with Crippen LogP contribution in [0.4, 0.5) is 0 Å². The van der Waals surface area contributed by atoms with E-state index < -0.39 is 11.9 Å². The first-order valence-corrected chi connectivity index (χ1v) is 5.97. The molecule has 1 heterocycles. The van der Waals surface area contributed by atoms with Gasteiger partial charge in [0.2, 0.25) is 5.91 Å². The van der Waals surface area contributed by atoms with Crippen LogP contribution in [0.15, 0.2) is 18.3 Å². The number of hydrogen-bond acceptors (Lipinski definition) is 4. The van der Waals surface area contributed by atoms with Crippen LogP contribution in [0.25, 0.3) is 0 Å². The van der Waals surface area contributed by atoms with Gasteiger partial charge in [-0.05, 0) is 32.9 Å². The van der Waals surface area contributed by atoms with E-state index >= 15 is 0 Å². The summed E-state index contributed by atoms with van der Waals surface area (Å²) in [5.74, 6) is -1.96. The highest BCUT2D eigenvalue weighted by molar-refractivity contribution is 5.96. The normalized spacial score (nSPS) is 10.8. The predicted octanol–water partition coefficient (Wildman–Crippen LogP) is 0.424. The number of aromatic nitrogens is 1. The Morgan fingerprint density at radius 3 is 2.35 bits per heavy atom. The van der Waals surface area contributed by atoms with Gasteiger partial charge in [0, 0.05) is 11.7 Å². The number of carboxylic acid groups (broad SMARTS) is 1. The second-order valence-electron chi connectivity index (χ2n) is 5.22. The van der Waals surface area contributed by atoms with E-state index in [1.807, 2.05) is 20.8 Å². The molecule has 0 atom stereocenters. The number of carboxylic acids is 1. The van der Waals surface area contributed by atoms with Crippen LogP contribution in [0.3, 0.4) is 0 Å². The largest absolute Gasteiger partial charge is 0.477 e. The summed E-state index contributed by atoms with van der Waals surface area (Å²) in [5.41, 5.74) is -0.322. The summed E-state index contributed by atoms with van der Waals surface area (Å²) >= 11 is 0. The first-order valence-electron chi connectivity index (χ1n) is 5.97. The minimum atomic E-state index is -1.17. The first kappa shape index (κ1) is 15.6. The number of amides is 2. The number of nitrogens with zero attached hydrogens (tertiary/aromatic N) is 1. The lowest BCUT2D eigenvalue weighted by Gasteiger charge is -2.20. The van der Waals surface area contributed by atoms with Gasteiger partial charge >= 0.3 is 5.97 Å². The SMILES string of the molecule is CC(C)(C)NC(=O)CNC(=O)c1ccc(C(=O)O)nc1. The summed E-state index contributed by atoms with van der Waals surface area (Å²) in [6.07, 6.45) is 1.15. The fraction of sp³-hybridized carbons (Fsp3) is 0.385. The second-order valence-corrected chi connectivity index (χ2v) is 5.22. The van der Waals surface area contributed by atoms with E-state index in [1.54, 1.807) is 0 Å². The van der Waals surface area contributed by atoms with Gasteiger partial charge in [-0.2, -0.15) is 0 Å². The van der Waals surface area contributed by atoms with Gasteiger partial charge in [0.25, 0.3) is 5.91 Å². The Labute approximate surface area is 116 Å². The van der Waals surface area contributed by atoms with E-state index in [1.165, 1.54) is 12.1 Å². The molecule has 0 aromatic carbocycles. The van der Waals surface area contributed by atoms with Crippen molar-refractivity contribution in [2.45, 2.75) is 26.3 Å². The summed E-state index contributed by atoms with van der Waals surface area (Å²) in [4.78, 5) is 37.5. The Morgan fingerprint density at radius 1 is 1.25 bits per heavy atom. The monoisotopic (exact) mass is 279 g/mol. The lowest BCUT2D eigenvalue weighted by Crippen LogP contribution is -2.45. The summed E-state index contributed by atoms with van der Waals surface area (Å²) in [6.45, 7) is 5.35. The molecular formula is C13H17N3O4. The molecule has 1 aromatic heterocycles. The molecule has 0 radical (unpaired) electrons. The summed E-state index contributed by atoms with van der Waals surface area (Å²) in [6, 6.07) is 2.57. The molecule has 0 aliphatic heterocycles. The molecule has 7 nitrogen and oxygen atoms in total. The van der Waals surface area contributed by atoms with Crippen molar-refractivity contribution < 1.29 is 19.5 Å². The molecule has 0 aliphatic carbocycles. The summed E-state index contributed by atoms with van der Waals surface area (Å²) in [7, 11) is 0. The average Bonchev–Trinajstić information content (AvgIpc) is 2.34. The molecule has 0 saturated heterocycles. The van der Waals surface area contributed by atoms with Crippen molar-refractivity contribution in [3.05, 3.63) is 29.6 Å². The first-order chi connectivity index (χ1) is 9.19. The molecule has 0 aliphatic rings. The standard InChI is InChI=1S/C13H17N3O4/c1-13(2,3)16-10(17)7-15-11(18)8-4-5-9(12(19)20)14-6-8/h4-6H,7H2,1-3H3,(H,15,18)(H,16,17)(H,19,20). The minimum Gasteiger partial charge on any atom is -0.477 e. The van der Waals surface area contributed by atoms with Gasteiger partial charge in [0.05, 0.1) is 12.1 Å². The Kier molecular flexibility index (Phi) is 4.79. The topological polar surface area (TPSA) is 108 Å². The Morgan fingerprint density at radius 2 is 1.90 bits per heavy atom. The molecule has 0 fully saturated rings. The molecule has 2 amide bonds. The Balaban J connectivity index is 2.55.